The Morgan fingerprint density at radius 3 is 0.619 bits per heavy atom. The molecule has 0 N–H and O–H groups in total. The van der Waals surface area contributed by atoms with Gasteiger partial charge in [0.25, 0.3) is 0 Å². The SMILES string of the molecule is CC(C)[Si]([N][Si](C(C)C)(C(C)C)C(C)C)(C(C)C)C(C)C. The highest BCUT2D eigenvalue weighted by molar-refractivity contribution is 6.96. The fourth-order valence-electron chi connectivity index (χ4n) is 5.11. The van der Waals surface area contributed by atoms with E-state index in [2.05, 4.69) is 83.1 Å². The summed E-state index contributed by atoms with van der Waals surface area (Å²) in [5, 5.41) is 0. The molecule has 0 aliphatic rings. The Hall–Kier alpha value is 0.394. The zero-order valence-electron chi connectivity index (χ0n) is 16.9. The smallest absolute Gasteiger partial charge is 0.143 e. The van der Waals surface area contributed by atoms with Crippen molar-refractivity contribution in [2.24, 2.45) is 0 Å². The Balaban J connectivity index is 6.06. The topological polar surface area (TPSA) is 14.1 Å². The molecular weight excluding hydrogens is 286 g/mol. The molecule has 0 fully saturated rings. The summed E-state index contributed by atoms with van der Waals surface area (Å²) in [4.78, 5) is 0. The average molecular weight is 329 g/mol. The van der Waals surface area contributed by atoms with Crippen molar-refractivity contribution in [2.45, 2.75) is 116 Å². The van der Waals surface area contributed by atoms with Crippen molar-refractivity contribution in [2.75, 3.05) is 0 Å². The highest BCUT2D eigenvalue weighted by atomic mass is 28.4. The van der Waals surface area contributed by atoms with Gasteiger partial charge in [-0.05, 0) is 33.2 Å². The Bertz CT molecular complexity index is 233. The third-order valence-electron chi connectivity index (χ3n) is 5.94. The summed E-state index contributed by atoms with van der Waals surface area (Å²) in [6.07, 6.45) is 0. The predicted octanol–water partition coefficient (Wildman–Crippen LogP) is 6.94. The molecule has 0 rings (SSSR count). The van der Waals surface area contributed by atoms with Crippen LogP contribution in [0, 0.1) is 0 Å². The molecule has 0 bridgehead atoms. The highest BCUT2D eigenvalue weighted by Crippen LogP contribution is 2.48. The zero-order valence-corrected chi connectivity index (χ0v) is 18.9. The van der Waals surface area contributed by atoms with Crippen molar-refractivity contribution in [1.82, 2.24) is 4.65 Å². The number of rotatable bonds is 8. The zero-order chi connectivity index (χ0) is 17.2. The van der Waals surface area contributed by atoms with E-state index in [-0.39, 0.29) is 0 Å². The number of hydrogen-bond donors (Lipinski definition) is 0. The molecule has 0 heterocycles. The van der Waals surface area contributed by atoms with Crippen LogP contribution < -0.4 is 4.65 Å². The second-order valence-corrected chi connectivity index (χ2v) is 20.2. The molecule has 1 radical (unpaired) electrons. The lowest BCUT2D eigenvalue weighted by Crippen LogP contribution is -2.67. The van der Waals surface area contributed by atoms with Crippen molar-refractivity contribution in [3.8, 4) is 0 Å². The molecule has 0 saturated heterocycles. The van der Waals surface area contributed by atoms with Gasteiger partial charge < -0.3 is 0 Å². The van der Waals surface area contributed by atoms with Gasteiger partial charge in [0.2, 0.25) is 0 Å². The van der Waals surface area contributed by atoms with Crippen LogP contribution in [-0.4, -0.2) is 16.5 Å². The molecule has 0 aromatic heterocycles. The van der Waals surface area contributed by atoms with Crippen LogP contribution in [0.1, 0.15) is 83.1 Å². The van der Waals surface area contributed by atoms with Crippen LogP contribution in [0.15, 0.2) is 0 Å². The van der Waals surface area contributed by atoms with Gasteiger partial charge >= 0.3 is 0 Å². The van der Waals surface area contributed by atoms with Crippen LogP contribution in [-0.2, 0) is 0 Å². The first-order chi connectivity index (χ1) is 9.37. The molecule has 0 saturated carbocycles. The van der Waals surface area contributed by atoms with Gasteiger partial charge in [-0.25, -0.2) is 0 Å². The van der Waals surface area contributed by atoms with Crippen LogP contribution in [0.25, 0.3) is 0 Å². The lowest BCUT2D eigenvalue weighted by atomic mass is 10.5. The Kier molecular flexibility index (Phi) is 7.93. The molecule has 0 amide bonds. The summed E-state index contributed by atoms with van der Waals surface area (Å²) in [5.41, 5.74) is 4.42. The van der Waals surface area contributed by atoms with Gasteiger partial charge in [0.1, 0.15) is 16.5 Å². The maximum Gasteiger partial charge on any atom is 0.143 e. The molecule has 0 aromatic carbocycles. The molecule has 127 valence electrons. The lowest BCUT2D eigenvalue weighted by Gasteiger charge is -2.53. The fraction of sp³-hybridized carbons (Fsp3) is 1.00. The van der Waals surface area contributed by atoms with Gasteiger partial charge in [-0.15, -0.1) is 0 Å². The predicted molar refractivity (Wildman–Crippen MR) is 104 cm³/mol. The lowest BCUT2D eigenvalue weighted by molar-refractivity contribution is 0.732. The van der Waals surface area contributed by atoms with Gasteiger partial charge in [-0.1, -0.05) is 83.1 Å². The third-order valence-corrected chi connectivity index (χ3v) is 20.1. The molecule has 0 spiro atoms. The van der Waals surface area contributed by atoms with Crippen molar-refractivity contribution < 1.29 is 0 Å². The summed E-state index contributed by atoms with van der Waals surface area (Å²) in [5.74, 6) is 0. The summed E-state index contributed by atoms with van der Waals surface area (Å²) >= 11 is 0. The van der Waals surface area contributed by atoms with Crippen molar-refractivity contribution in [1.29, 1.82) is 0 Å². The standard InChI is InChI=1S/C18H42NSi2/c1-13(2)20(14(3)4,15(5)6)19-21(16(7)8,17(9)10)18(11)12/h13-18H,1-12H3. The summed E-state index contributed by atoms with van der Waals surface area (Å²) < 4.78 is 6.01. The Labute approximate surface area is 137 Å². The maximum absolute atomic E-state index is 6.01. The third kappa shape index (κ3) is 3.84. The second kappa shape index (κ2) is 7.78. The molecule has 0 atom stereocenters. The van der Waals surface area contributed by atoms with Crippen molar-refractivity contribution in [3.05, 3.63) is 0 Å². The minimum atomic E-state index is -1.66. The van der Waals surface area contributed by atoms with Gasteiger partial charge in [-0.3, -0.25) is 4.65 Å². The van der Waals surface area contributed by atoms with E-state index < -0.39 is 16.5 Å². The quantitative estimate of drug-likeness (QED) is 0.428. The van der Waals surface area contributed by atoms with Crippen LogP contribution in [0.3, 0.4) is 0 Å². The minimum absolute atomic E-state index is 0.737. The van der Waals surface area contributed by atoms with E-state index in [9.17, 15) is 0 Å². The van der Waals surface area contributed by atoms with E-state index in [1.54, 1.807) is 0 Å². The molecule has 0 aromatic rings. The van der Waals surface area contributed by atoms with E-state index in [1.165, 1.54) is 0 Å². The number of nitrogens with zero attached hydrogens (tertiary/aromatic N) is 1. The van der Waals surface area contributed by atoms with Crippen LogP contribution in [0.2, 0.25) is 33.2 Å². The summed E-state index contributed by atoms with van der Waals surface area (Å²) in [6.45, 7) is 29.3. The van der Waals surface area contributed by atoms with Gasteiger partial charge in [-0.2, -0.15) is 0 Å². The minimum Gasteiger partial charge on any atom is -0.293 e. The Morgan fingerprint density at radius 1 is 0.381 bits per heavy atom. The molecular formula is C18H42NSi2. The summed E-state index contributed by atoms with van der Waals surface area (Å²) in [6, 6.07) is 0. The molecule has 1 nitrogen and oxygen atoms in total. The first-order valence-corrected chi connectivity index (χ1v) is 13.5. The fourth-order valence-corrected chi connectivity index (χ4v) is 22.0. The maximum atomic E-state index is 6.01. The monoisotopic (exact) mass is 328 g/mol. The van der Waals surface area contributed by atoms with E-state index in [1.807, 2.05) is 0 Å². The first-order valence-electron chi connectivity index (χ1n) is 9.11. The van der Waals surface area contributed by atoms with E-state index >= 15 is 0 Å². The normalized spacial score (nSPS) is 14.6. The largest absolute Gasteiger partial charge is 0.293 e. The molecule has 0 aliphatic heterocycles. The molecule has 0 unspecified atom stereocenters. The second-order valence-electron chi connectivity index (χ2n) is 8.81. The van der Waals surface area contributed by atoms with Gasteiger partial charge in [0, 0.05) is 0 Å². The first kappa shape index (κ1) is 21.4. The van der Waals surface area contributed by atoms with Crippen LogP contribution in [0.5, 0.6) is 0 Å². The van der Waals surface area contributed by atoms with Crippen molar-refractivity contribution in [3.63, 3.8) is 0 Å². The molecule has 21 heavy (non-hydrogen) atoms. The van der Waals surface area contributed by atoms with Crippen LogP contribution >= 0.6 is 0 Å². The number of hydrogen-bond acceptors (Lipinski definition) is 0. The molecule has 3 heteroatoms. The van der Waals surface area contributed by atoms with Gasteiger partial charge in [0.05, 0.1) is 0 Å². The molecule has 0 aliphatic carbocycles. The average Bonchev–Trinajstić information content (AvgIpc) is 2.26. The van der Waals surface area contributed by atoms with Gasteiger partial charge in [0.15, 0.2) is 0 Å². The Morgan fingerprint density at radius 2 is 0.524 bits per heavy atom. The van der Waals surface area contributed by atoms with E-state index in [0.29, 0.717) is 0 Å². The van der Waals surface area contributed by atoms with E-state index in [0.717, 1.165) is 33.2 Å². The van der Waals surface area contributed by atoms with E-state index in [4.69, 9.17) is 4.65 Å². The highest BCUT2D eigenvalue weighted by Gasteiger charge is 2.54. The van der Waals surface area contributed by atoms with Crippen LogP contribution in [0.4, 0.5) is 0 Å². The summed E-state index contributed by atoms with van der Waals surface area (Å²) in [7, 11) is -3.33. The van der Waals surface area contributed by atoms with Crippen molar-refractivity contribution >= 4 is 16.5 Å².